The van der Waals surface area contributed by atoms with E-state index in [9.17, 15) is 8.42 Å². The van der Waals surface area contributed by atoms with E-state index in [4.69, 9.17) is 0 Å². The normalized spacial score (nSPS) is 11.6. The number of rotatable bonds is 3. The minimum Gasteiger partial charge on any atom is -0.282 e. The van der Waals surface area contributed by atoms with Gasteiger partial charge in [-0.2, -0.15) is 0 Å². The second-order valence-corrected chi connectivity index (χ2v) is 5.17. The van der Waals surface area contributed by atoms with Crippen LogP contribution in [-0.4, -0.2) is 18.7 Å². The molecule has 0 aromatic carbocycles. The predicted molar refractivity (Wildman–Crippen MR) is 51.9 cm³/mol. The smallest absolute Gasteiger partial charge is 0.235 e. The van der Waals surface area contributed by atoms with Gasteiger partial charge in [-0.3, -0.25) is 9.71 Å². The summed E-state index contributed by atoms with van der Waals surface area (Å²) in [7, 11) is -3.24. The first-order chi connectivity index (χ1) is 6.02. The van der Waals surface area contributed by atoms with Crippen molar-refractivity contribution in [2.45, 2.75) is 19.1 Å². The van der Waals surface area contributed by atoms with Crippen molar-refractivity contribution in [3.8, 4) is 0 Å². The molecule has 0 aliphatic carbocycles. The number of sulfonamides is 1. The number of anilines is 1. The Morgan fingerprint density at radius 2 is 2.15 bits per heavy atom. The van der Waals surface area contributed by atoms with Gasteiger partial charge in [-0.25, -0.2) is 8.42 Å². The quantitative estimate of drug-likeness (QED) is 0.798. The number of hydrogen-bond acceptors (Lipinski definition) is 3. The van der Waals surface area contributed by atoms with Crippen molar-refractivity contribution in [3.05, 3.63) is 24.5 Å². The molecule has 0 bridgehead atoms. The second kappa shape index (κ2) is 3.74. The highest BCUT2D eigenvalue weighted by Gasteiger charge is 2.14. The van der Waals surface area contributed by atoms with Gasteiger partial charge in [-0.1, -0.05) is 0 Å². The number of nitrogens with one attached hydrogen (secondary N) is 1. The van der Waals surface area contributed by atoms with E-state index in [1.54, 1.807) is 32.2 Å². The summed E-state index contributed by atoms with van der Waals surface area (Å²) in [6.45, 7) is 3.25. The molecular formula is C8H12N2O2S. The van der Waals surface area contributed by atoms with Crippen LogP contribution in [-0.2, 0) is 10.0 Å². The first-order valence-corrected chi connectivity index (χ1v) is 5.48. The van der Waals surface area contributed by atoms with E-state index in [1.807, 2.05) is 0 Å². The van der Waals surface area contributed by atoms with Crippen LogP contribution in [0.3, 0.4) is 0 Å². The molecule has 0 saturated carbocycles. The zero-order chi connectivity index (χ0) is 9.90. The van der Waals surface area contributed by atoms with Gasteiger partial charge in [-0.05, 0) is 26.0 Å². The van der Waals surface area contributed by atoms with Gasteiger partial charge in [0.2, 0.25) is 10.0 Å². The third-order valence-electron chi connectivity index (χ3n) is 1.54. The lowest BCUT2D eigenvalue weighted by Crippen LogP contribution is -2.22. The lowest BCUT2D eigenvalue weighted by Gasteiger charge is -2.09. The molecule has 1 aromatic heterocycles. The molecule has 13 heavy (non-hydrogen) atoms. The van der Waals surface area contributed by atoms with Gasteiger partial charge in [0.05, 0.1) is 17.1 Å². The van der Waals surface area contributed by atoms with Gasteiger partial charge in [0.25, 0.3) is 0 Å². The third-order valence-corrected chi connectivity index (χ3v) is 3.30. The molecule has 0 aliphatic rings. The van der Waals surface area contributed by atoms with E-state index in [-0.39, 0.29) is 0 Å². The largest absolute Gasteiger partial charge is 0.282 e. The van der Waals surface area contributed by atoms with Crippen molar-refractivity contribution in [2.24, 2.45) is 0 Å². The maximum absolute atomic E-state index is 11.4. The Balaban J connectivity index is 2.82. The van der Waals surface area contributed by atoms with Crippen LogP contribution in [0.25, 0.3) is 0 Å². The zero-order valence-corrected chi connectivity index (χ0v) is 8.38. The van der Waals surface area contributed by atoms with Gasteiger partial charge < -0.3 is 0 Å². The molecule has 1 N–H and O–H groups in total. The SMILES string of the molecule is CC(C)S(=O)(=O)Nc1cccnc1. The lowest BCUT2D eigenvalue weighted by molar-refractivity contribution is 0.593. The Hall–Kier alpha value is -1.10. The van der Waals surface area contributed by atoms with Crippen molar-refractivity contribution in [3.63, 3.8) is 0 Å². The van der Waals surface area contributed by atoms with Crippen LogP contribution in [0, 0.1) is 0 Å². The third kappa shape index (κ3) is 2.69. The average Bonchev–Trinajstić information content (AvgIpc) is 2.05. The molecular weight excluding hydrogens is 188 g/mol. The highest BCUT2D eigenvalue weighted by Crippen LogP contribution is 2.08. The van der Waals surface area contributed by atoms with E-state index in [1.165, 1.54) is 6.20 Å². The summed E-state index contributed by atoms with van der Waals surface area (Å²) in [6.07, 6.45) is 3.06. The molecule has 0 saturated heterocycles. The summed E-state index contributed by atoms with van der Waals surface area (Å²) in [6, 6.07) is 3.34. The standard InChI is InChI=1S/C8H12N2O2S/c1-7(2)13(11,12)10-8-4-3-5-9-6-8/h3-7,10H,1-2H3. The fourth-order valence-electron chi connectivity index (χ4n) is 0.705. The first-order valence-electron chi connectivity index (χ1n) is 3.94. The van der Waals surface area contributed by atoms with Crippen LogP contribution >= 0.6 is 0 Å². The maximum atomic E-state index is 11.4. The summed E-state index contributed by atoms with van der Waals surface area (Å²) in [5.41, 5.74) is 0.496. The number of hydrogen-bond donors (Lipinski definition) is 1. The summed E-state index contributed by atoms with van der Waals surface area (Å²) in [4.78, 5) is 3.80. The Morgan fingerprint density at radius 3 is 2.62 bits per heavy atom. The van der Waals surface area contributed by atoms with Gasteiger partial charge in [0, 0.05) is 6.20 Å². The van der Waals surface area contributed by atoms with Crippen molar-refractivity contribution in [2.75, 3.05) is 4.72 Å². The topological polar surface area (TPSA) is 59.1 Å². The minimum absolute atomic E-state index is 0.437. The summed E-state index contributed by atoms with van der Waals surface area (Å²) >= 11 is 0. The summed E-state index contributed by atoms with van der Waals surface area (Å²) in [5.74, 6) is 0. The van der Waals surface area contributed by atoms with Crippen LogP contribution in [0.4, 0.5) is 5.69 Å². The lowest BCUT2D eigenvalue weighted by atomic mass is 10.4. The second-order valence-electron chi connectivity index (χ2n) is 2.94. The van der Waals surface area contributed by atoms with Crippen molar-refractivity contribution in [1.82, 2.24) is 4.98 Å². The Morgan fingerprint density at radius 1 is 1.46 bits per heavy atom. The molecule has 0 radical (unpaired) electrons. The van der Waals surface area contributed by atoms with Crippen LogP contribution in [0.15, 0.2) is 24.5 Å². The van der Waals surface area contributed by atoms with Crippen LogP contribution < -0.4 is 4.72 Å². The van der Waals surface area contributed by atoms with Crippen LogP contribution in [0.5, 0.6) is 0 Å². The fourth-order valence-corrected chi connectivity index (χ4v) is 1.39. The van der Waals surface area contributed by atoms with Gasteiger partial charge in [0.15, 0.2) is 0 Å². The summed E-state index contributed by atoms with van der Waals surface area (Å²) in [5, 5.41) is -0.437. The molecule has 0 spiro atoms. The zero-order valence-electron chi connectivity index (χ0n) is 7.56. The number of pyridine rings is 1. The molecule has 72 valence electrons. The van der Waals surface area contributed by atoms with Gasteiger partial charge in [-0.15, -0.1) is 0 Å². The van der Waals surface area contributed by atoms with Gasteiger partial charge >= 0.3 is 0 Å². The van der Waals surface area contributed by atoms with Crippen molar-refractivity contribution in [1.29, 1.82) is 0 Å². The van der Waals surface area contributed by atoms with Crippen LogP contribution in [0.1, 0.15) is 13.8 Å². The van der Waals surface area contributed by atoms with E-state index in [0.29, 0.717) is 5.69 Å². The van der Waals surface area contributed by atoms with Gasteiger partial charge in [0.1, 0.15) is 0 Å². The number of nitrogens with zero attached hydrogens (tertiary/aromatic N) is 1. The van der Waals surface area contributed by atoms with E-state index in [0.717, 1.165) is 0 Å². The van der Waals surface area contributed by atoms with Crippen molar-refractivity contribution >= 4 is 15.7 Å². The molecule has 4 nitrogen and oxygen atoms in total. The maximum Gasteiger partial charge on any atom is 0.235 e. The summed E-state index contributed by atoms with van der Waals surface area (Å²) < 4.78 is 25.1. The van der Waals surface area contributed by atoms with E-state index in [2.05, 4.69) is 9.71 Å². The monoisotopic (exact) mass is 200 g/mol. The molecule has 0 fully saturated rings. The average molecular weight is 200 g/mol. The molecule has 0 aliphatic heterocycles. The Labute approximate surface area is 78.1 Å². The molecule has 1 heterocycles. The number of aromatic nitrogens is 1. The predicted octanol–water partition coefficient (Wildman–Crippen LogP) is 1.23. The van der Waals surface area contributed by atoms with E-state index >= 15 is 0 Å². The van der Waals surface area contributed by atoms with Crippen LogP contribution in [0.2, 0.25) is 0 Å². The van der Waals surface area contributed by atoms with E-state index < -0.39 is 15.3 Å². The Bertz CT molecular complexity index is 359. The first kappa shape index (κ1) is 9.98. The molecule has 0 atom stereocenters. The fraction of sp³-hybridized carbons (Fsp3) is 0.375. The highest BCUT2D eigenvalue weighted by molar-refractivity contribution is 7.93. The van der Waals surface area contributed by atoms with Crippen molar-refractivity contribution < 1.29 is 8.42 Å². The minimum atomic E-state index is -3.24. The molecule has 1 rings (SSSR count). The molecule has 1 aromatic rings. The Kier molecular flexibility index (Phi) is 2.87. The molecule has 0 unspecified atom stereocenters. The molecule has 0 amide bonds. The highest BCUT2D eigenvalue weighted by atomic mass is 32.2. The molecule has 5 heteroatoms.